The average molecular weight is 331 g/mol. The lowest BCUT2D eigenvalue weighted by atomic mass is 10.3. The second kappa shape index (κ2) is 4.92. The number of benzene rings is 1. The lowest BCUT2D eigenvalue weighted by Gasteiger charge is -2.07. The van der Waals surface area contributed by atoms with Crippen LogP contribution in [0.5, 0.6) is 0 Å². The van der Waals surface area contributed by atoms with Crippen LogP contribution in [-0.2, 0) is 10.0 Å². The van der Waals surface area contributed by atoms with Gasteiger partial charge in [0, 0.05) is 17.0 Å². The van der Waals surface area contributed by atoms with Crippen molar-refractivity contribution in [2.24, 2.45) is 0 Å². The van der Waals surface area contributed by atoms with E-state index in [2.05, 4.69) is 9.71 Å². The number of nitrogen functional groups attached to an aromatic ring is 1. The van der Waals surface area contributed by atoms with Crippen molar-refractivity contribution in [1.82, 2.24) is 4.98 Å². The highest BCUT2D eigenvalue weighted by atomic mass is 32.2. The minimum absolute atomic E-state index is 0.124. The van der Waals surface area contributed by atoms with Crippen molar-refractivity contribution in [2.45, 2.75) is 23.7 Å². The molecule has 0 bridgehead atoms. The number of nitrogens with zero attached hydrogens (tertiary/aromatic N) is 1. The first kappa shape index (κ1) is 14.2. The summed E-state index contributed by atoms with van der Waals surface area (Å²) in [5.74, 6) is -2.40. The molecule has 1 aliphatic rings. The lowest BCUT2D eigenvalue weighted by molar-refractivity contribution is 0.486. The summed E-state index contributed by atoms with van der Waals surface area (Å²) in [5, 5.41) is 1.88. The molecule has 1 fully saturated rings. The second-order valence-corrected chi connectivity index (χ2v) is 7.28. The van der Waals surface area contributed by atoms with Crippen molar-refractivity contribution in [3.8, 4) is 0 Å². The Hall–Kier alpha value is -1.74. The highest BCUT2D eigenvalue weighted by Gasteiger charge is 2.28. The molecule has 0 amide bonds. The molecule has 3 rings (SSSR count). The second-order valence-electron chi connectivity index (χ2n) is 4.77. The fraction of sp³-hybridized carbons (Fsp3) is 0.250. The molecular formula is C12H11F2N3O2S2. The molecule has 2 aromatic rings. The van der Waals surface area contributed by atoms with Crippen molar-refractivity contribution in [1.29, 1.82) is 0 Å². The highest BCUT2D eigenvalue weighted by molar-refractivity contribution is 7.93. The molecule has 1 aromatic carbocycles. The molecule has 3 N–H and O–H groups in total. The predicted molar refractivity (Wildman–Crippen MR) is 75.7 cm³/mol. The van der Waals surface area contributed by atoms with Gasteiger partial charge in [0.25, 0.3) is 10.0 Å². The van der Waals surface area contributed by atoms with E-state index in [4.69, 9.17) is 5.73 Å². The van der Waals surface area contributed by atoms with Gasteiger partial charge >= 0.3 is 0 Å². The van der Waals surface area contributed by atoms with E-state index in [1.807, 2.05) is 0 Å². The molecule has 0 unspecified atom stereocenters. The topological polar surface area (TPSA) is 85.1 Å². The first-order valence-electron chi connectivity index (χ1n) is 6.09. The zero-order chi connectivity index (χ0) is 15.2. The number of rotatable bonds is 4. The lowest BCUT2D eigenvalue weighted by Crippen LogP contribution is -2.15. The third-order valence-corrected chi connectivity index (χ3v) is 5.29. The van der Waals surface area contributed by atoms with E-state index in [9.17, 15) is 17.2 Å². The molecule has 112 valence electrons. The first-order valence-corrected chi connectivity index (χ1v) is 8.46. The third-order valence-electron chi connectivity index (χ3n) is 3.05. The van der Waals surface area contributed by atoms with Gasteiger partial charge in [0.05, 0.1) is 5.69 Å². The maximum absolute atomic E-state index is 13.7. The van der Waals surface area contributed by atoms with E-state index >= 15 is 0 Å². The first-order chi connectivity index (χ1) is 9.87. The van der Waals surface area contributed by atoms with E-state index < -0.39 is 26.6 Å². The summed E-state index contributed by atoms with van der Waals surface area (Å²) in [6, 6.07) is 1.60. The van der Waals surface area contributed by atoms with Gasteiger partial charge in [-0.25, -0.2) is 22.2 Å². The van der Waals surface area contributed by atoms with Crippen LogP contribution in [0.4, 0.5) is 19.6 Å². The van der Waals surface area contributed by atoms with Crippen LogP contribution in [0.1, 0.15) is 24.5 Å². The molecule has 0 aliphatic heterocycles. The minimum Gasteiger partial charge on any atom is -0.399 e. The van der Waals surface area contributed by atoms with Gasteiger partial charge in [0.1, 0.15) is 4.90 Å². The third kappa shape index (κ3) is 2.84. The monoisotopic (exact) mass is 331 g/mol. The summed E-state index contributed by atoms with van der Waals surface area (Å²) in [6.07, 6.45) is 2.07. The zero-order valence-corrected chi connectivity index (χ0v) is 12.3. The van der Waals surface area contributed by atoms with Gasteiger partial charge in [-0.05, 0) is 25.0 Å². The van der Waals surface area contributed by atoms with E-state index in [0.29, 0.717) is 5.92 Å². The average Bonchev–Trinajstić information content (AvgIpc) is 3.15. The number of hydrogen-bond donors (Lipinski definition) is 2. The molecule has 9 heteroatoms. The van der Waals surface area contributed by atoms with Crippen LogP contribution < -0.4 is 10.5 Å². The number of aromatic nitrogens is 1. The Labute approximate surface area is 123 Å². The Morgan fingerprint density at radius 3 is 2.71 bits per heavy atom. The van der Waals surface area contributed by atoms with Crippen molar-refractivity contribution in [3.05, 3.63) is 34.8 Å². The van der Waals surface area contributed by atoms with Crippen LogP contribution in [0, 0.1) is 11.6 Å². The number of thiazole rings is 1. The molecule has 1 aromatic heterocycles. The number of hydrogen-bond acceptors (Lipinski definition) is 5. The van der Waals surface area contributed by atoms with Gasteiger partial charge in [-0.15, -0.1) is 11.3 Å². The Morgan fingerprint density at radius 2 is 2.05 bits per heavy atom. The molecule has 0 atom stereocenters. The quantitative estimate of drug-likeness (QED) is 0.844. The molecule has 5 nitrogen and oxygen atoms in total. The molecule has 0 saturated heterocycles. The number of sulfonamides is 1. The number of nitrogens with two attached hydrogens (primary N) is 1. The summed E-state index contributed by atoms with van der Waals surface area (Å²) in [5.41, 5.74) is 6.00. The van der Waals surface area contributed by atoms with Gasteiger partial charge in [-0.2, -0.15) is 0 Å². The van der Waals surface area contributed by atoms with Crippen LogP contribution in [0.15, 0.2) is 22.4 Å². The SMILES string of the molecule is Nc1cc(F)c(F)c(S(=O)(=O)Nc2nc(C3CC3)cs2)c1. The van der Waals surface area contributed by atoms with Crippen molar-refractivity contribution in [2.75, 3.05) is 10.5 Å². The number of nitrogens with one attached hydrogen (secondary N) is 1. The predicted octanol–water partition coefficient (Wildman–Crippen LogP) is 2.68. The van der Waals surface area contributed by atoms with Crippen LogP contribution in [0.3, 0.4) is 0 Å². The number of anilines is 2. The highest BCUT2D eigenvalue weighted by Crippen LogP contribution is 2.41. The standard InChI is InChI=1S/C12H11F2N3O2S2/c13-8-3-7(15)4-10(11(8)14)21(18,19)17-12-16-9(5-20-12)6-1-2-6/h3-6H,1-2,15H2,(H,16,17). The zero-order valence-electron chi connectivity index (χ0n) is 10.6. The van der Waals surface area contributed by atoms with Crippen molar-refractivity contribution >= 4 is 32.2 Å². The Morgan fingerprint density at radius 1 is 1.33 bits per heavy atom. The van der Waals surface area contributed by atoms with Gasteiger partial charge in [-0.3, -0.25) is 4.72 Å². The summed E-state index contributed by atoms with van der Waals surface area (Å²) < 4.78 is 53.3. The van der Waals surface area contributed by atoms with Gasteiger partial charge in [0.2, 0.25) is 0 Å². The molecule has 1 saturated carbocycles. The van der Waals surface area contributed by atoms with E-state index in [0.717, 1.165) is 42.0 Å². The Balaban J connectivity index is 1.92. The maximum Gasteiger partial charge on any atom is 0.266 e. The van der Waals surface area contributed by atoms with Gasteiger partial charge < -0.3 is 5.73 Å². The molecule has 0 spiro atoms. The molecule has 21 heavy (non-hydrogen) atoms. The van der Waals surface area contributed by atoms with Crippen molar-refractivity contribution < 1.29 is 17.2 Å². The Kier molecular flexibility index (Phi) is 3.33. The largest absolute Gasteiger partial charge is 0.399 e. The summed E-state index contributed by atoms with van der Waals surface area (Å²) in [7, 11) is -4.28. The van der Waals surface area contributed by atoms with E-state index in [-0.39, 0.29) is 10.8 Å². The van der Waals surface area contributed by atoms with Crippen LogP contribution in [0.2, 0.25) is 0 Å². The van der Waals surface area contributed by atoms with Crippen LogP contribution in [0.25, 0.3) is 0 Å². The van der Waals surface area contributed by atoms with Crippen LogP contribution >= 0.6 is 11.3 Å². The normalized spacial score (nSPS) is 15.1. The molecule has 1 aliphatic carbocycles. The van der Waals surface area contributed by atoms with E-state index in [1.54, 1.807) is 5.38 Å². The fourth-order valence-corrected chi connectivity index (χ4v) is 4.02. The van der Waals surface area contributed by atoms with Crippen molar-refractivity contribution in [3.63, 3.8) is 0 Å². The summed E-state index contributed by atoms with van der Waals surface area (Å²) in [4.78, 5) is 3.31. The van der Waals surface area contributed by atoms with Gasteiger partial charge in [-0.1, -0.05) is 0 Å². The fourth-order valence-electron chi connectivity index (χ4n) is 1.85. The molecule has 0 radical (unpaired) electrons. The minimum atomic E-state index is -4.28. The van der Waals surface area contributed by atoms with Gasteiger partial charge in [0.15, 0.2) is 16.8 Å². The maximum atomic E-state index is 13.7. The summed E-state index contributed by atoms with van der Waals surface area (Å²) >= 11 is 1.10. The molecule has 1 heterocycles. The molecular weight excluding hydrogens is 320 g/mol. The van der Waals surface area contributed by atoms with Crippen LogP contribution in [-0.4, -0.2) is 13.4 Å². The van der Waals surface area contributed by atoms with E-state index in [1.165, 1.54) is 0 Å². The Bertz CT molecular complexity index is 801. The summed E-state index contributed by atoms with van der Waals surface area (Å²) in [6.45, 7) is 0. The number of halogens is 2. The smallest absolute Gasteiger partial charge is 0.266 e.